The van der Waals surface area contributed by atoms with E-state index in [1.807, 2.05) is 66.7 Å². The van der Waals surface area contributed by atoms with Gasteiger partial charge in [-0.3, -0.25) is 0 Å². The molecule has 0 atom stereocenters. The van der Waals surface area contributed by atoms with E-state index in [-0.39, 0.29) is 0 Å². The maximum Gasteiger partial charge on any atom is 0.164 e. The molecule has 0 N–H and O–H groups in total. The fourth-order valence-electron chi connectivity index (χ4n) is 5.75. The van der Waals surface area contributed by atoms with Crippen molar-refractivity contribution in [3.63, 3.8) is 0 Å². The minimum Gasteiger partial charge on any atom is -0.208 e. The Balaban J connectivity index is 1.27. The normalized spacial score (nSPS) is 11.1. The molecule has 0 aliphatic heterocycles. The molecule has 0 spiro atoms. The van der Waals surface area contributed by atoms with Crippen LogP contribution in [0, 0.1) is 11.3 Å². The van der Waals surface area contributed by atoms with Gasteiger partial charge in [-0.1, -0.05) is 115 Å². The monoisotopic (exact) mass is 592 g/mol. The number of rotatable bonds is 5. The molecule has 0 radical (unpaired) electrons. The smallest absolute Gasteiger partial charge is 0.164 e. The molecule has 0 saturated carbocycles. The van der Waals surface area contributed by atoms with Crippen LogP contribution in [0.5, 0.6) is 0 Å². The zero-order valence-electron chi connectivity index (χ0n) is 24.1. The van der Waals surface area contributed by atoms with E-state index in [1.54, 1.807) is 11.3 Å². The van der Waals surface area contributed by atoms with Crippen molar-refractivity contribution in [2.24, 2.45) is 0 Å². The summed E-state index contributed by atoms with van der Waals surface area (Å²) in [4.78, 5) is 14.9. The summed E-state index contributed by atoms with van der Waals surface area (Å²) in [5, 5.41) is 11.7. The van der Waals surface area contributed by atoms with E-state index in [2.05, 4.69) is 84.9 Å². The molecule has 0 unspecified atom stereocenters. The minimum absolute atomic E-state index is 0.608. The van der Waals surface area contributed by atoms with Crippen LogP contribution in [0.3, 0.4) is 0 Å². The summed E-state index contributed by atoms with van der Waals surface area (Å²) < 4.78 is 2.45. The van der Waals surface area contributed by atoms with Crippen LogP contribution in [0.15, 0.2) is 146 Å². The van der Waals surface area contributed by atoms with Crippen LogP contribution < -0.4 is 0 Å². The molecule has 0 amide bonds. The summed E-state index contributed by atoms with van der Waals surface area (Å²) in [6.07, 6.45) is 0. The van der Waals surface area contributed by atoms with Gasteiger partial charge >= 0.3 is 0 Å². The third kappa shape index (κ3) is 5.04. The van der Waals surface area contributed by atoms with Crippen molar-refractivity contribution in [3.05, 3.63) is 151 Å². The Hall–Kier alpha value is -5.96. The average molecular weight is 593 g/mol. The van der Waals surface area contributed by atoms with E-state index >= 15 is 0 Å². The maximum absolute atomic E-state index is 9.21. The standard InChI is InChI=1S/C40H24N4S/c41-25-26-17-19-27(20-18-26)30-13-7-14-31(23-30)39-42-38(29-11-5-2-6-12-29)43-40(44-39)32-21-22-34-36(24-32)45-35-16-8-15-33(37(34)35)28-9-3-1-4-10-28/h1-24H. The molecule has 4 nitrogen and oxygen atoms in total. The Labute approximate surface area is 264 Å². The molecule has 6 aromatic carbocycles. The molecule has 8 rings (SSSR count). The summed E-state index contributed by atoms with van der Waals surface area (Å²) in [5.41, 5.74) is 7.91. The number of nitrogens with zero attached hydrogens (tertiary/aromatic N) is 4. The molecule has 0 aliphatic carbocycles. The van der Waals surface area contributed by atoms with Crippen LogP contribution in [0.4, 0.5) is 0 Å². The van der Waals surface area contributed by atoms with Crippen LogP contribution >= 0.6 is 11.3 Å². The molecule has 210 valence electrons. The van der Waals surface area contributed by atoms with Crippen LogP contribution in [0.25, 0.3) is 76.6 Å². The third-order valence-corrected chi connectivity index (χ3v) is 9.09. The molecule has 2 heterocycles. The lowest BCUT2D eigenvalue weighted by atomic mass is 9.99. The van der Waals surface area contributed by atoms with Gasteiger partial charge in [0.25, 0.3) is 0 Å². The molecule has 8 aromatic rings. The van der Waals surface area contributed by atoms with Crippen molar-refractivity contribution in [2.75, 3.05) is 0 Å². The number of benzene rings is 6. The van der Waals surface area contributed by atoms with Crippen molar-refractivity contribution in [1.82, 2.24) is 15.0 Å². The Morgan fingerprint density at radius 1 is 0.444 bits per heavy atom. The molecule has 45 heavy (non-hydrogen) atoms. The number of thiophene rings is 1. The summed E-state index contributed by atoms with van der Waals surface area (Å²) in [7, 11) is 0. The Bertz CT molecular complexity index is 2370. The van der Waals surface area contributed by atoms with Gasteiger partial charge in [0.2, 0.25) is 0 Å². The van der Waals surface area contributed by atoms with Crippen LogP contribution in [-0.4, -0.2) is 15.0 Å². The molecular formula is C40H24N4S. The number of nitriles is 1. The molecular weight excluding hydrogens is 569 g/mol. The Morgan fingerprint density at radius 2 is 1.02 bits per heavy atom. The lowest BCUT2D eigenvalue weighted by Crippen LogP contribution is -2.00. The predicted octanol–water partition coefficient (Wildman–Crippen LogP) is 10.4. The fraction of sp³-hybridized carbons (Fsp3) is 0. The first-order valence-electron chi connectivity index (χ1n) is 14.7. The second-order valence-electron chi connectivity index (χ2n) is 10.8. The summed E-state index contributed by atoms with van der Waals surface area (Å²) in [6, 6.07) is 51.7. The first kappa shape index (κ1) is 26.7. The van der Waals surface area contributed by atoms with Crippen LogP contribution in [0.2, 0.25) is 0 Å². The lowest BCUT2D eigenvalue weighted by molar-refractivity contribution is 1.07. The van der Waals surface area contributed by atoms with E-state index in [1.165, 1.54) is 31.3 Å². The Kier molecular flexibility index (Phi) is 6.68. The van der Waals surface area contributed by atoms with Gasteiger partial charge in [-0.05, 0) is 52.6 Å². The van der Waals surface area contributed by atoms with Gasteiger partial charge in [0, 0.05) is 36.9 Å². The van der Waals surface area contributed by atoms with E-state index < -0.39 is 0 Å². The number of aromatic nitrogens is 3. The van der Waals surface area contributed by atoms with E-state index in [4.69, 9.17) is 15.0 Å². The number of hydrogen-bond donors (Lipinski definition) is 0. The minimum atomic E-state index is 0.608. The average Bonchev–Trinajstić information content (AvgIpc) is 3.50. The van der Waals surface area contributed by atoms with Gasteiger partial charge in [-0.25, -0.2) is 15.0 Å². The highest BCUT2D eigenvalue weighted by Gasteiger charge is 2.16. The van der Waals surface area contributed by atoms with E-state index in [0.717, 1.165) is 27.8 Å². The quantitative estimate of drug-likeness (QED) is 0.199. The first-order chi connectivity index (χ1) is 22.2. The molecule has 2 aromatic heterocycles. The summed E-state index contributed by atoms with van der Waals surface area (Å²) in [5.74, 6) is 1.87. The van der Waals surface area contributed by atoms with E-state index in [9.17, 15) is 5.26 Å². The second-order valence-corrected chi connectivity index (χ2v) is 11.9. The zero-order chi connectivity index (χ0) is 30.2. The molecule has 0 bridgehead atoms. The van der Waals surface area contributed by atoms with Crippen molar-refractivity contribution >= 4 is 31.5 Å². The molecule has 0 fully saturated rings. The molecule has 5 heteroatoms. The first-order valence-corrected chi connectivity index (χ1v) is 15.5. The number of fused-ring (bicyclic) bond motifs is 3. The highest BCUT2D eigenvalue weighted by molar-refractivity contribution is 7.26. The number of hydrogen-bond acceptors (Lipinski definition) is 5. The molecule has 0 saturated heterocycles. The van der Waals surface area contributed by atoms with Gasteiger partial charge in [-0.2, -0.15) is 5.26 Å². The van der Waals surface area contributed by atoms with Gasteiger partial charge in [0.05, 0.1) is 11.6 Å². The predicted molar refractivity (Wildman–Crippen MR) is 185 cm³/mol. The van der Waals surface area contributed by atoms with Crippen LogP contribution in [0.1, 0.15) is 5.56 Å². The van der Waals surface area contributed by atoms with Gasteiger partial charge in [0.15, 0.2) is 17.5 Å². The zero-order valence-corrected chi connectivity index (χ0v) is 24.9. The topological polar surface area (TPSA) is 62.5 Å². The highest BCUT2D eigenvalue weighted by atomic mass is 32.1. The summed E-state index contributed by atoms with van der Waals surface area (Å²) >= 11 is 1.79. The van der Waals surface area contributed by atoms with Crippen molar-refractivity contribution in [3.8, 4) is 62.5 Å². The van der Waals surface area contributed by atoms with E-state index in [0.29, 0.717) is 23.0 Å². The highest BCUT2D eigenvalue weighted by Crippen LogP contribution is 2.41. The fourth-order valence-corrected chi connectivity index (χ4v) is 6.92. The second kappa shape index (κ2) is 11.3. The van der Waals surface area contributed by atoms with Gasteiger partial charge in [0.1, 0.15) is 0 Å². The third-order valence-electron chi connectivity index (χ3n) is 7.98. The SMILES string of the molecule is N#Cc1ccc(-c2cccc(-c3nc(-c4ccccc4)nc(-c4ccc5c(c4)sc4cccc(-c6ccccc6)c45)n3)c2)cc1. The Morgan fingerprint density at radius 3 is 1.73 bits per heavy atom. The van der Waals surface area contributed by atoms with Crippen molar-refractivity contribution in [1.29, 1.82) is 5.26 Å². The van der Waals surface area contributed by atoms with Crippen LogP contribution in [-0.2, 0) is 0 Å². The van der Waals surface area contributed by atoms with Gasteiger partial charge in [-0.15, -0.1) is 11.3 Å². The lowest BCUT2D eigenvalue weighted by Gasteiger charge is -2.10. The maximum atomic E-state index is 9.21. The summed E-state index contributed by atoms with van der Waals surface area (Å²) in [6.45, 7) is 0. The van der Waals surface area contributed by atoms with Crippen molar-refractivity contribution in [2.45, 2.75) is 0 Å². The van der Waals surface area contributed by atoms with Gasteiger partial charge < -0.3 is 0 Å². The molecule has 0 aliphatic rings. The largest absolute Gasteiger partial charge is 0.208 e. The van der Waals surface area contributed by atoms with Crippen molar-refractivity contribution < 1.29 is 0 Å².